The third-order valence-electron chi connectivity index (χ3n) is 8.67. The van der Waals surface area contributed by atoms with Crippen LogP contribution in [0.4, 0.5) is 0 Å². The Bertz CT molecular complexity index is 750. The molecular weight excluding hydrogens is 352 g/mol. The largest absolute Gasteiger partial charge is 0.462 e. The molecule has 0 aromatic rings. The third-order valence-corrected chi connectivity index (χ3v) is 8.67. The molecule has 7 atom stereocenters. The van der Waals surface area contributed by atoms with Gasteiger partial charge in [-0.05, 0) is 79.3 Å². The van der Waals surface area contributed by atoms with Gasteiger partial charge in [-0.25, -0.2) is 0 Å². The summed E-state index contributed by atoms with van der Waals surface area (Å²) >= 11 is 0. The van der Waals surface area contributed by atoms with E-state index in [0.717, 1.165) is 38.5 Å². The Labute approximate surface area is 168 Å². The highest BCUT2D eigenvalue weighted by molar-refractivity contribution is 5.93. The SMILES string of the molecule is CC(=O)OC/C=C1\CC[C@H]2[C@@H]3CCC4=CC(=O)[C@@H](C)C[C@]4(C)[C@H]3[C@@H](O)C[C@]12C. The van der Waals surface area contributed by atoms with Gasteiger partial charge in [0.2, 0.25) is 0 Å². The second-order valence-electron chi connectivity index (χ2n) is 10.2. The van der Waals surface area contributed by atoms with Gasteiger partial charge in [-0.3, -0.25) is 9.59 Å². The van der Waals surface area contributed by atoms with Gasteiger partial charge in [0.1, 0.15) is 6.61 Å². The number of hydrogen-bond acceptors (Lipinski definition) is 4. The van der Waals surface area contributed by atoms with Crippen molar-refractivity contribution in [2.45, 2.75) is 72.3 Å². The zero-order chi connectivity index (χ0) is 20.3. The summed E-state index contributed by atoms with van der Waals surface area (Å²) in [4.78, 5) is 23.4. The molecule has 154 valence electrons. The summed E-state index contributed by atoms with van der Waals surface area (Å²) in [6.07, 6.45) is 9.53. The molecule has 0 aromatic carbocycles. The van der Waals surface area contributed by atoms with Gasteiger partial charge >= 0.3 is 5.97 Å². The van der Waals surface area contributed by atoms with Crippen molar-refractivity contribution in [3.8, 4) is 0 Å². The molecule has 0 amide bonds. The smallest absolute Gasteiger partial charge is 0.302 e. The average Bonchev–Trinajstić information content (AvgIpc) is 2.92. The Hall–Kier alpha value is -1.42. The van der Waals surface area contributed by atoms with Crippen molar-refractivity contribution in [1.29, 1.82) is 0 Å². The first-order valence-corrected chi connectivity index (χ1v) is 10.9. The van der Waals surface area contributed by atoms with Crippen LogP contribution in [-0.2, 0) is 14.3 Å². The van der Waals surface area contributed by atoms with Crippen LogP contribution in [0.2, 0.25) is 0 Å². The lowest BCUT2D eigenvalue weighted by Crippen LogP contribution is -2.56. The first-order chi connectivity index (χ1) is 13.2. The highest BCUT2D eigenvalue weighted by Crippen LogP contribution is 2.66. The molecule has 0 radical (unpaired) electrons. The normalized spacial score (nSPS) is 46.5. The predicted octanol–water partition coefficient (Wildman–Crippen LogP) is 4.22. The fourth-order valence-corrected chi connectivity index (χ4v) is 7.47. The Kier molecular flexibility index (Phi) is 4.85. The highest BCUT2D eigenvalue weighted by atomic mass is 16.5. The predicted molar refractivity (Wildman–Crippen MR) is 107 cm³/mol. The minimum Gasteiger partial charge on any atom is -0.462 e. The second-order valence-corrected chi connectivity index (χ2v) is 10.2. The van der Waals surface area contributed by atoms with Crippen LogP contribution in [0.5, 0.6) is 0 Å². The molecule has 0 heterocycles. The number of fused-ring (bicyclic) bond motifs is 5. The molecule has 0 bridgehead atoms. The topological polar surface area (TPSA) is 63.6 Å². The van der Waals surface area contributed by atoms with Gasteiger partial charge < -0.3 is 9.84 Å². The maximum Gasteiger partial charge on any atom is 0.302 e. The fraction of sp³-hybridized carbons (Fsp3) is 0.750. The number of rotatable bonds is 2. The summed E-state index contributed by atoms with van der Waals surface area (Å²) in [5.74, 6) is 1.37. The van der Waals surface area contributed by atoms with Crippen molar-refractivity contribution in [1.82, 2.24) is 0 Å². The monoisotopic (exact) mass is 386 g/mol. The lowest BCUT2D eigenvalue weighted by atomic mass is 9.46. The van der Waals surface area contributed by atoms with E-state index in [4.69, 9.17) is 4.74 Å². The Morgan fingerprint density at radius 1 is 1.25 bits per heavy atom. The maximum atomic E-state index is 12.3. The molecule has 0 aliphatic heterocycles. The lowest BCUT2D eigenvalue weighted by Gasteiger charge is -2.59. The number of ether oxygens (including phenoxy) is 1. The van der Waals surface area contributed by atoms with Crippen molar-refractivity contribution in [3.63, 3.8) is 0 Å². The van der Waals surface area contributed by atoms with Crippen molar-refractivity contribution >= 4 is 11.8 Å². The molecule has 28 heavy (non-hydrogen) atoms. The number of aliphatic hydroxyl groups is 1. The summed E-state index contributed by atoms with van der Waals surface area (Å²) in [6.45, 7) is 8.42. The molecule has 0 spiro atoms. The van der Waals surface area contributed by atoms with E-state index in [0.29, 0.717) is 18.4 Å². The first kappa shape index (κ1) is 19.9. The summed E-state index contributed by atoms with van der Waals surface area (Å²) in [7, 11) is 0. The van der Waals surface area contributed by atoms with Crippen LogP contribution in [0.15, 0.2) is 23.3 Å². The molecule has 4 aliphatic carbocycles. The van der Waals surface area contributed by atoms with E-state index in [1.807, 2.05) is 13.0 Å². The number of carbonyl (C=O) groups excluding carboxylic acids is 2. The van der Waals surface area contributed by atoms with E-state index in [1.165, 1.54) is 18.1 Å². The highest BCUT2D eigenvalue weighted by Gasteiger charge is 2.61. The molecule has 0 saturated heterocycles. The van der Waals surface area contributed by atoms with Crippen LogP contribution < -0.4 is 0 Å². The van der Waals surface area contributed by atoms with Crippen LogP contribution in [0, 0.1) is 34.5 Å². The molecule has 4 rings (SSSR count). The Morgan fingerprint density at radius 2 is 2.00 bits per heavy atom. The zero-order valence-electron chi connectivity index (χ0n) is 17.7. The summed E-state index contributed by atoms with van der Waals surface area (Å²) in [5, 5.41) is 11.4. The van der Waals surface area contributed by atoms with Crippen molar-refractivity contribution in [2.75, 3.05) is 6.61 Å². The molecule has 0 aromatic heterocycles. The van der Waals surface area contributed by atoms with E-state index in [1.54, 1.807) is 0 Å². The van der Waals surface area contributed by atoms with E-state index in [9.17, 15) is 14.7 Å². The number of allylic oxidation sites excluding steroid dienone is 2. The Balaban J connectivity index is 1.64. The van der Waals surface area contributed by atoms with Crippen LogP contribution in [0.25, 0.3) is 0 Å². The quantitative estimate of drug-likeness (QED) is 0.570. The molecule has 4 aliphatic rings. The number of carbonyl (C=O) groups is 2. The molecule has 3 saturated carbocycles. The van der Waals surface area contributed by atoms with Crippen molar-refractivity contribution in [2.24, 2.45) is 34.5 Å². The van der Waals surface area contributed by atoms with Gasteiger partial charge in [0.05, 0.1) is 6.10 Å². The summed E-state index contributed by atoms with van der Waals surface area (Å²) in [6, 6.07) is 0. The van der Waals surface area contributed by atoms with Gasteiger partial charge in [-0.15, -0.1) is 0 Å². The molecular formula is C24H34O4. The van der Waals surface area contributed by atoms with Crippen LogP contribution >= 0.6 is 0 Å². The molecule has 0 unspecified atom stereocenters. The number of aliphatic hydroxyl groups excluding tert-OH is 1. The van der Waals surface area contributed by atoms with Gasteiger partial charge in [0.15, 0.2) is 5.78 Å². The number of esters is 1. The fourth-order valence-electron chi connectivity index (χ4n) is 7.47. The first-order valence-electron chi connectivity index (χ1n) is 10.9. The van der Waals surface area contributed by atoms with Gasteiger partial charge in [0.25, 0.3) is 0 Å². The molecule has 4 nitrogen and oxygen atoms in total. The summed E-state index contributed by atoms with van der Waals surface area (Å²) in [5.41, 5.74) is 2.58. The van der Waals surface area contributed by atoms with Crippen LogP contribution in [0.3, 0.4) is 0 Å². The van der Waals surface area contributed by atoms with Crippen molar-refractivity contribution < 1.29 is 19.4 Å². The van der Waals surface area contributed by atoms with E-state index >= 15 is 0 Å². The van der Waals surface area contributed by atoms with Crippen molar-refractivity contribution in [3.05, 3.63) is 23.3 Å². The standard InChI is InChI=1S/C24H34O4/c1-14-12-24(4)17(11-20(14)26)5-7-18-19-8-6-16(9-10-28-15(2)25)23(19,3)13-21(27)22(18)24/h9,11,14,18-19,21-22,27H,5-8,10,12-13H2,1-4H3/b16-9+/t14-,18-,19-,21-,22+,23+,24-/m0/s1. The third kappa shape index (κ3) is 2.91. The van der Waals surface area contributed by atoms with Gasteiger partial charge in [-0.2, -0.15) is 0 Å². The summed E-state index contributed by atoms with van der Waals surface area (Å²) < 4.78 is 5.15. The van der Waals surface area contributed by atoms with E-state index < -0.39 is 0 Å². The Morgan fingerprint density at radius 3 is 2.71 bits per heavy atom. The van der Waals surface area contributed by atoms with Gasteiger partial charge in [0, 0.05) is 12.8 Å². The van der Waals surface area contributed by atoms with Gasteiger partial charge in [-0.1, -0.05) is 31.9 Å². The van der Waals surface area contributed by atoms with Crippen LogP contribution in [-0.4, -0.2) is 29.6 Å². The zero-order valence-corrected chi connectivity index (χ0v) is 17.7. The minimum atomic E-state index is -0.351. The van der Waals surface area contributed by atoms with E-state index in [2.05, 4.69) is 19.9 Å². The molecule has 1 N–H and O–H groups in total. The average molecular weight is 387 g/mol. The molecule has 4 heteroatoms. The van der Waals surface area contributed by atoms with Crippen LogP contribution in [0.1, 0.15) is 66.2 Å². The number of ketones is 1. The molecule has 3 fully saturated rings. The number of hydrogen-bond donors (Lipinski definition) is 1. The minimum absolute atomic E-state index is 0.00554. The second kappa shape index (κ2) is 6.83. The maximum absolute atomic E-state index is 12.3. The lowest BCUT2D eigenvalue weighted by molar-refractivity contribution is -0.139. The van der Waals surface area contributed by atoms with E-state index in [-0.39, 0.29) is 40.5 Å².